The van der Waals surface area contributed by atoms with E-state index in [1.165, 1.54) is 5.56 Å². The van der Waals surface area contributed by atoms with E-state index in [0.717, 1.165) is 45.3 Å². The number of carbonyl (C=O) groups excluding carboxylic acids is 1. The molecule has 2 fully saturated rings. The van der Waals surface area contributed by atoms with Gasteiger partial charge in [-0.2, -0.15) is 11.3 Å². The van der Waals surface area contributed by atoms with Gasteiger partial charge in [0, 0.05) is 33.7 Å². The second kappa shape index (κ2) is 6.07. The van der Waals surface area contributed by atoms with Crippen LogP contribution in [-0.4, -0.2) is 54.6 Å². The van der Waals surface area contributed by atoms with Crippen molar-refractivity contribution in [1.82, 2.24) is 9.80 Å². The zero-order valence-electron chi connectivity index (χ0n) is 12.9. The van der Waals surface area contributed by atoms with Crippen molar-refractivity contribution in [2.75, 3.05) is 27.2 Å². The zero-order chi connectivity index (χ0) is 14.9. The number of hydrogen-bond donors (Lipinski definition) is 0. The topological polar surface area (TPSA) is 32.8 Å². The number of rotatable bonds is 3. The summed E-state index contributed by atoms with van der Waals surface area (Å²) in [5.74, 6) is 0.118. The molecular formula is C16H24N2O2S. The monoisotopic (exact) mass is 308 g/mol. The molecule has 4 nitrogen and oxygen atoms in total. The number of thiophene rings is 1. The molecule has 0 radical (unpaired) electrons. The van der Waals surface area contributed by atoms with Gasteiger partial charge in [0.1, 0.15) is 6.10 Å². The lowest BCUT2D eigenvalue weighted by molar-refractivity contribution is -0.148. The van der Waals surface area contributed by atoms with E-state index >= 15 is 0 Å². The highest BCUT2D eigenvalue weighted by Gasteiger charge is 2.44. The Morgan fingerprint density at radius 3 is 2.81 bits per heavy atom. The Morgan fingerprint density at radius 1 is 1.43 bits per heavy atom. The normalized spacial score (nSPS) is 25.3. The van der Waals surface area contributed by atoms with Gasteiger partial charge >= 0.3 is 0 Å². The van der Waals surface area contributed by atoms with Crippen molar-refractivity contribution in [3.8, 4) is 0 Å². The van der Waals surface area contributed by atoms with E-state index < -0.39 is 0 Å². The van der Waals surface area contributed by atoms with Crippen molar-refractivity contribution in [2.24, 2.45) is 0 Å². The van der Waals surface area contributed by atoms with Crippen molar-refractivity contribution in [3.63, 3.8) is 0 Å². The van der Waals surface area contributed by atoms with E-state index in [2.05, 4.69) is 21.7 Å². The first-order valence-electron chi connectivity index (χ1n) is 7.70. The van der Waals surface area contributed by atoms with Crippen molar-refractivity contribution in [2.45, 2.75) is 43.9 Å². The van der Waals surface area contributed by atoms with Gasteiger partial charge in [0.15, 0.2) is 0 Å². The highest BCUT2D eigenvalue weighted by atomic mass is 32.1. The van der Waals surface area contributed by atoms with Crippen LogP contribution in [0.25, 0.3) is 0 Å². The molecule has 0 aliphatic carbocycles. The number of likely N-dealkylation sites (tertiary alicyclic amines) is 1. The summed E-state index contributed by atoms with van der Waals surface area (Å²) in [6.07, 6.45) is 3.79. The number of piperidine rings is 1. The fraction of sp³-hybridized carbons (Fsp3) is 0.688. The van der Waals surface area contributed by atoms with Crippen LogP contribution in [0.15, 0.2) is 16.8 Å². The number of likely N-dealkylation sites (N-methyl/N-ethyl adjacent to an activating group) is 1. The van der Waals surface area contributed by atoms with E-state index in [4.69, 9.17) is 4.74 Å². The molecule has 116 valence electrons. The molecule has 0 unspecified atom stereocenters. The summed E-state index contributed by atoms with van der Waals surface area (Å²) in [5.41, 5.74) is 1.37. The molecule has 1 aromatic rings. The molecule has 0 aromatic carbocycles. The summed E-state index contributed by atoms with van der Waals surface area (Å²) in [6, 6.07) is 2.20. The molecular weight excluding hydrogens is 284 g/mol. The third-order valence-electron chi connectivity index (χ3n) is 4.72. The van der Waals surface area contributed by atoms with Crippen LogP contribution in [0.3, 0.4) is 0 Å². The van der Waals surface area contributed by atoms with Crippen LogP contribution in [0.4, 0.5) is 0 Å². The summed E-state index contributed by atoms with van der Waals surface area (Å²) in [4.78, 5) is 16.2. The van der Waals surface area contributed by atoms with Gasteiger partial charge in [-0.25, -0.2) is 0 Å². The SMILES string of the molecule is CN(C)C(=O)[C@H]1CCC2(CCN(Cc3ccsc3)CC2)O1. The summed E-state index contributed by atoms with van der Waals surface area (Å²) in [6.45, 7) is 3.18. The Morgan fingerprint density at radius 2 is 2.19 bits per heavy atom. The van der Waals surface area contributed by atoms with Gasteiger partial charge in [-0.15, -0.1) is 0 Å². The predicted octanol–water partition coefficient (Wildman–Crippen LogP) is 2.35. The van der Waals surface area contributed by atoms with Gasteiger partial charge < -0.3 is 9.64 Å². The summed E-state index contributed by atoms with van der Waals surface area (Å²) in [5, 5.41) is 4.36. The van der Waals surface area contributed by atoms with E-state index in [1.54, 1.807) is 30.3 Å². The second-order valence-corrected chi connectivity index (χ2v) is 7.25. The van der Waals surface area contributed by atoms with Crippen molar-refractivity contribution in [1.29, 1.82) is 0 Å². The number of nitrogens with zero attached hydrogens (tertiary/aromatic N) is 2. The molecule has 0 saturated carbocycles. The largest absolute Gasteiger partial charge is 0.362 e. The predicted molar refractivity (Wildman–Crippen MR) is 84.4 cm³/mol. The maximum atomic E-state index is 12.0. The van der Waals surface area contributed by atoms with Gasteiger partial charge in [0.25, 0.3) is 5.91 Å². The lowest BCUT2D eigenvalue weighted by Gasteiger charge is -2.39. The minimum absolute atomic E-state index is 0.0402. The Balaban J connectivity index is 1.52. The molecule has 1 amide bonds. The molecule has 2 aliphatic heterocycles. The Kier molecular flexibility index (Phi) is 4.33. The van der Waals surface area contributed by atoms with Crippen LogP contribution in [0.2, 0.25) is 0 Å². The van der Waals surface area contributed by atoms with Crippen LogP contribution in [0.5, 0.6) is 0 Å². The van der Waals surface area contributed by atoms with E-state index in [9.17, 15) is 4.79 Å². The number of hydrogen-bond acceptors (Lipinski definition) is 4. The second-order valence-electron chi connectivity index (χ2n) is 6.47. The highest BCUT2D eigenvalue weighted by molar-refractivity contribution is 7.07. The minimum Gasteiger partial charge on any atom is -0.362 e. The first-order valence-corrected chi connectivity index (χ1v) is 8.65. The molecule has 1 aromatic heterocycles. The van der Waals surface area contributed by atoms with Crippen LogP contribution in [0, 0.1) is 0 Å². The number of amides is 1. The Hall–Kier alpha value is -0.910. The lowest BCUT2D eigenvalue weighted by Crippen LogP contribution is -2.45. The van der Waals surface area contributed by atoms with Crippen LogP contribution in [-0.2, 0) is 16.1 Å². The molecule has 3 rings (SSSR count). The highest BCUT2D eigenvalue weighted by Crippen LogP contribution is 2.39. The van der Waals surface area contributed by atoms with Gasteiger partial charge in [-0.3, -0.25) is 9.69 Å². The maximum absolute atomic E-state index is 12.0. The van der Waals surface area contributed by atoms with Crippen LogP contribution >= 0.6 is 11.3 Å². The molecule has 2 saturated heterocycles. The maximum Gasteiger partial charge on any atom is 0.251 e. The summed E-state index contributed by atoms with van der Waals surface area (Å²) < 4.78 is 6.18. The molecule has 1 spiro atoms. The van der Waals surface area contributed by atoms with Crippen LogP contribution < -0.4 is 0 Å². The molecule has 0 N–H and O–H groups in total. The first kappa shape index (κ1) is 15.0. The van der Waals surface area contributed by atoms with Gasteiger partial charge in [0.2, 0.25) is 0 Å². The molecule has 21 heavy (non-hydrogen) atoms. The van der Waals surface area contributed by atoms with Crippen molar-refractivity contribution >= 4 is 17.2 Å². The lowest BCUT2D eigenvalue weighted by atomic mass is 9.88. The quantitative estimate of drug-likeness (QED) is 0.859. The molecule has 0 bridgehead atoms. The molecule has 2 aliphatic rings. The average molecular weight is 308 g/mol. The summed E-state index contributed by atoms with van der Waals surface area (Å²) >= 11 is 1.76. The number of ether oxygens (including phenoxy) is 1. The average Bonchev–Trinajstić information content (AvgIpc) is 3.11. The third-order valence-corrected chi connectivity index (χ3v) is 5.46. The summed E-state index contributed by atoms with van der Waals surface area (Å²) in [7, 11) is 3.61. The van der Waals surface area contributed by atoms with E-state index in [-0.39, 0.29) is 17.6 Å². The van der Waals surface area contributed by atoms with E-state index in [0.29, 0.717) is 0 Å². The molecule has 5 heteroatoms. The van der Waals surface area contributed by atoms with Crippen molar-refractivity contribution in [3.05, 3.63) is 22.4 Å². The van der Waals surface area contributed by atoms with Gasteiger partial charge in [-0.1, -0.05) is 0 Å². The van der Waals surface area contributed by atoms with Crippen LogP contribution in [0.1, 0.15) is 31.2 Å². The Labute approximate surface area is 130 Å². The Bertz CT molecular complexity index is 478. The zero-order valence-corrected chi connectivity index (χ0v) is 13.7. The minimum atomic E-state index is -0.219. The van der Waals surface area contributed by atoms with E-state index in [1.807, 2.05) is 0 Å². The first-order chi connectivity index (χ1) is 10.1. The third kappa shape index (κ3) is 3.30. The smallest absolute Gasteiger partial charge is 0.251 e. The van der Waals surface area contributed by atoms with Gasteiger partial charge in [-0.05, 0) is 48.1 Å². The molecule has 3 heterocycles. The number of carbonyl (C=O) groups is 1. The fourth-order valence-corrected chi connectivity index (χ4v) is 4.06. The van der Waals surface area contributed by atoms with Crippen molar-refractivity contribution < 1.29 is 9.53 Å². The fourth-order valence-electron chi connectivity index (χ4n) is 3.40. The standard InChI is InChI=1S/C16H24N2O2S/c1-17(2)15(19)14-3-5-16(20-14)6-8-18(9-7-16)11-13-4-10-21-12-13/h4,10,12,14H,3,5-9,11H2,1-2H3/t14-/m1/s1. The molecule has 1 atom stereocenters. The van der Waals surface area contributed by atoms with Gasteiger partial charge in [0.05, 0.1) is 5.60 Å².